The second kappa shape index (κ2) is 2.76. The van der Waals surface area contributed by atoms with Crippen molar-refractivity contribution < 1.29 is 0 Å². The Morgan fingerprint density at radius 1 is 1.38 bits per heavy atom. The van der Waals surface area contributed by atoms with Gasteiger partial charge in [0.2, 0.25) is 0 Å². The third-order valence-corrected chi connectivity index (χ3v) is 3.07. The van der Waals surface area contributed by atoms with Gasteiger partial charge in [0.1, 0.15) is 0 Å². The topological polar surface area (TPSA) is 26.0 Å². The number of hydrogen-bond donors (Lipinski definition) is 1. The van der Waals surface area contributed by atoms with Gasteiger partial charge in [-0.3, -0.25) is 0 Å². The van der Waals surface area contributed by atoms with E-state index in [1.165, 1.54) is 30.4 Å². The molecule has 0 heterocycles. The molecule has 1 aromatic carbocycles. The molecular formula is C12H17N. The summed E-state index contributed by atoms with van der Waals surface area (Å²) in [5.41, 5.74) is 9.92. The van der Waals surface area contributed by atoms with Crippen LogP contribution in [0.5, 0.6) is 0 Å². The highest BCUT2D eigenvalue weighted by Gasteiger charge is 2.36. The Labute approximate surface area is 80.0 Å². The van der Waals surface area contributed by atoms with Crippen LogP contribution >= 0.6 is 0 Å². The van der Waals surface area contributed by atoms with Gasteiger partial charge in [0.25, 0.3) is 0 Å². The van der Waals surface area contributed by atoms with Crippen LogP contribution in [-0.2, 0) is 6.42 Å². The number of anilines is 1. The summed E-state index contributed by atoms with van der Waals surface area (Å²) in [7, 11) is 0. The summed E-state index contributed by atoms with van der Waals surface area (Å²) >= 11 is 0. The summed E-state index contributed by atoms with van der Waals surface area (Å²) < 4.78 is 0. The van der Waals surface area contributed by atoms with Crippen molar-refractivity contribution in [2.24, 2.45) is 5.41 Å². The molecule has 0 atom stereocenters. The summed E-state index contributed by atoms with van der Waals surface area (Å²) in [6.45, 7) is 4.44. The molecule has 0 spiro atoms. The fourth-order valence-electron chi connectivity index (χ4n) is 1.73. The normalized spacial score (nSPS) is 18.6. The van der Waals surface area contributed by atoms with E-state index >= 15 is 0 Å². The van der Waals surface area contributed by atoms with E-state index < -0.39 is 0 Å². The molecule has 13 heavy (non-hydrogen) atoms. The van der Waals surface area contributed by atoms with Crippen LogP contribution in [0.25, 0.3) is 0 Å². The van der Waals surface area contributed by atoms with Gasteiger partial charge >= 0.3 is 0 Å². The Hall–Kier alpha value is -0.980. The Morgan fingerprint density at radius 2 is 2.08 bits per heavy atom. The fraction of sp³-hybridized carbons (Fsp3) is 0.500. The summed E-state index contributed by atoms with van der Waals surface area (Å²) in [5.74, 6) is 0. The lowest BCUT2D eigenvalue weighted by molar-refractivity contribution is 0.570. The predicted octanol–water partition coefficient (Wildman–Crippen LogP) is 2.92. The van der Waals surface area contributed by atoms with Gasteiger partial charge in [-0.1, -0.05) is 19.1 Å². The molecule has 0 radical (unpaired) electrons. The molecule has 0 unspecified atom stereocenters. The monoisotopic (exact) mass is 175 g/mol. The van der Waals surface area contributed by atoms with Gasteiger partial charge in [0.15, 0.2) is 0 Å². The maximum Gasteiger partial charge on any atom is 0.0343 e. The number of rotatable bonds is 2. The quantitative estimate of drug-likeness (QED) is 0.687. The van der Waals surface area contributed by atoms with E-state index in [2.05, 4.69) is 26.0 Å². The molecule has 2 rings (SSSR count). The highest BCUT2D eigenvalue weighted by Crippen LogP contribution is 2.47. The molecule has 1 nitrogen and oxygen atoms in total. The molecule has 1 aliphatic carbocycles. The predicted molar refractivity (Wildman–Crippen MR) is 56.6 cm³/mol. The van der Waals surface area contributed by atoms with E-state index in [9.17, 15) is 0 Å². The van der Waals surface area contributed by atoms with Crippen LogP contribution in [0.1, 0.15) is 30.9 Å². The lowest BCUT2D eigenvalue weighted by Gasteiger charge is -2.09. The standard InChI is InChI=1S/C12H17N/c1-9-7-10(3-4-11(9)13)8-12(2)5-6-12/h3-4,7H,5-6,8,13H2,1-2H3. The van der Waals surface area contributed by atoms with E-state index in [0.717, 1.165) is 5.69 Å². The molecule has 1 aliphatic rings. The zero-order chi connectivity index (χ0) is 9.47. The van der Waals surface area contributed by atoms with Crippen molar-refractivity contribution in [1.29, 1.82) is 0 Å². The first kappa shape index (κ1) is 8.61. The molecule has 0 aliphatic heterocycles. The van der Waals surface area contributed by atoms with Crippen molar-refractivity contribution in [1.82, 2.24) is 0 Å². The van der Waals surface area contributed by atoms with Crippen molar-refractivity contribution in [3.8, 4) is 0 Å². The van der Waals surface area contributed by atoms with Crippen molar-refractivity contribution in [2.45, 2.75) is 33.1 Å². The molecule has 0 aromatic heterocycles. The second-order valence-electron chi connectivity index (χ2n) is 4.68. The third kappa shape index (κ3) is 1.85. The van der Waals surface area contributed by atoms with Gasteiger partial charge in [-0.2, -0.15) is 0 Å². The van der Waals surface area contributed by atoms with Crippen LogP contribution in [0.3, 0.4) is 0 Å². The van der Waals surface area contributed by atoms with E-state index in [-0.39, 0.29) is 0 Å². The van der Waals surface area contributed by atoms with Crippen molar-refractivity contribution in [2.75, 3.05) is 5.73 Å². The van der Waals surface area contributed by atoms with Crippen LogP contribution in [-0.4, -0.2) is 0 Å². The lowest BCUT2D eigenvalue weighted by atomic mass is 9.97. The number of nitrogens with two attached hydrogens (primary N) is 1. The number of hydrogen-bond acceptors (Lipinski definition) is 1. The first-order valence-electron chi connectivity index (χ1n) is 4.94. The molecule has 70 valence electrons. The van der Waals surface area contributed by atoms with Crippen LogP contribution < -0.4 is 5.73 Å². The average molecular weight is 175 g/mol. The molecule has 0 bridgehead atoms. The largest absolute Gasteiger partial charge is 0.399 e. The van der Waals surface area contributed by atoms with Gasteiger partial charge in [-0.15, -0.1) is 0 Å². The van der Waals surface area contributed by atoms with Crippen molar-refractivity contribution in [3.63, 3.8) is 0 Å². The fourth-order valence-corrected chi connectivity index (χ4v) is 1.73. The van der Waals surface area contributed by atoms with Gasteiger partial charge < -0.3 is 5.73 Å². The minimum atomic E-state index is 0.600. The zero-order valence-electron chi connectivity index (χ0n) is 8.43. The molecule has 0 saturated heterocycles. The zero-order valence-corrected chi connectivity index (χ0v) is 8.43. The molecule has 1 heteroatoms. The maximum atomic E-state index is 5.77. The van der Waals surface area contributed by atoms with E-state index in [4.69, 9.17) is 5.73 Å². The number of nitrogen functional groups attached to an aromatic ring is 1. The molecule has 0 amide bonds. The number of aryl methyl sites for hydroxylation is 1. The van der Waals surface area contributed by atoms with Crippen LogP contribution in [0.2, 0.25) is 0 Å². The van der Waals surface area contributed by atoms with E-state index in [1.807, 2.05) is 6.07 Å². The Balaban J connectivity index is 2.17. The summed E-state index contributed by atoms with van der Waals surface area (Å²) in [4.78, 5) is 0. The molecule has 2 N–H and O–H groups in total. The molecule has 1 fully saturated rings. The smallest absolute Gasteiger partial charge is 0.0343 e. The highest BCUT2D eigenvalue weighted by molar-refractivity contribution is 5.47. The molecule has 1 aromatic rings. The third-order valence-electron chi connectivity index (χ3n) is 3.07. The first-order valence-corrected chi connectivity index (χ1v) is 4.94. The average Bonchev–Trinajstić information content (AvgIpc) is 2.76. The van der Waals surface area contributed by atoms with Gasteiger partial charge in [-0.25, -0.2) is 0 Å². The van der Waals surface area contributed by atoms with Crippen molar-refractivity contribution in [3.05, 3.63) is 29.3 Å². The Kier molecular flexibility index (Phi) is 1.83. The summed E-state index contributed by atoms with van der Waals surface area (Å²) in [5, 5.41) is 0. The first-order chi connectivity index (χ1) is 6.09. The van der Waals surface area contributed by atoms with Gasteiger partial charge in [-0.05, 0) is 48.8 Å². The number of benzene rings is 1. The second-order valence-corrected chi connectivity index (χ2v) is 4.68. The van der Waals surface area contributed by atoms with E-state index in [1.54, 1.807) is 0 Å². The van der Waals surface area contributed by atoms with Gasteiger partial charge in [0.05, 0.1) is 0 Å². The SMILES string of the molecule is Cc1cc(CC2(C)CC2)ccc1N. The molecular weight excluding hydrogens is 158 g/mol. The minimum absolute atomic E-state index is 0.600. The Bertz CT molecular complexity index is 324. The lowest BCUT2D eigenvalue weighted by Crippen LogP contribution is -2.00. The summed E-state index contributed by atoms with van der Waals surface area (Å²) in [6.07, 6.45) is 3.99. The maximum absolute atomic E-state index is 5.77. The minimum Gasteiger partial charge on any atom is -0.399 e. The van der Waals surface area contributed by atoms with Crippen LogP contribution in [0, 0.1) is 12.3 Å². The van der Waals surface area contributed by atoms with Gasteiger partial charge in [0, 0.05) is 5.69 Å². The van der Waals surface area contributed by atoms with Crippen LogP contribution in [0.4, 0.5) is 5.69 Å². The molecule has 1 saturated carbocycles. The Morgan fingerprint density at radius 3 is 2.62 bits per heavy atom. The van der Waals surface area contributed by atoms with Crippen LogP contribution in [0.15, 0.2) is 18.2 Å². The highest BCUT2D eigenvalue weighted by atomic mass is 14.5. The van der Waals surface area contributed by atoms with E-state index in [0.29, 0.717) is 5.41 Å². The summed E-state index contributed by atoms with van der Waals surface area (Å²) in [6, 6.07) is 6.40. The van der Waals surface area contributed by atoms with Crippen molar-refractivity contribution >= 4 is 5.69 Å².